The first kappa shape index (κ1) is 12.9. The summed E-state index contributed by atoms with van der Waals surface area (Å²) in [6.07, 6.45) is 6.48. The predicted molar refractivity (Wildman–Crippen MR) is 68.8 cm³/mol. The van der Waals surface area contributed by atoms with E-state index in [4.69, 9.17) is 17.4 Å². The molecule has 2 heterocycles. The molecule has 0 aromatic carbocycles. The van der Waals surface area contributed by atoms with Crippen molar-refractivity contribution in [2.24, 2.45) is 5.84 Å². The normalized spacial score (nSPS) is 12.9. The SMILES string of the molecule is CC(C)n1ncc(Cl)c1C(NN)c1cnccn1. The number of aromatic nitrogens is 4. The molecule has 0 bridgehead atoms. The number of rotatable bonds is 4. The molecular formula is C11H15ClN6. The quantitative estimate of drug-likeness (QED) is 0.647. The summed E-state index contributed by atoms with van der Waals surface area (Å²) in [7, 11) is 0. The summed E-state index contributed by atoms with van der Waals surface area (Å²) < 4.78 is 1.82. The molecule has 1 unspecified atom stereocenters. The standard InChI is InChI=1S/C11H15ClN6/c1-7(2)18-11(8(12)5-16-18)10(17-13)9-6-14-3-4-15-9/h3-7,10,17H,13H2,1-2H3. The molecule has 3 N–H and O–H groups in total. The molecule has 2 aromatic heterocycles. The molecule has 2 rings (SSSR count). The van der Waals surface area contributed by atoms with Crippen LogP contribution >= 0.6 is 11.6 Å². The van der Waals surface area contributed by atoms with Crippen LogP contribution in [0.4, 0.5) is 0 Å². The van der Waals surface area contributed by atoms with Crippen LogP contribution in [0.15, 0.2) is 24.8 Å². The van der Waals surface area contributed by atoms with Crippen LogP contribution in [0.1, 0.15) is 37.3 Å². The number of nitrogens with one attached hydrogen (secondary N) is 1. The van der Waals surface area contributed by atoms with Crippen LogP contribution in [0.25, 0.3) is 0 Å². The number of hydrogen-bond donors (Lipinski definition) is 2. The summed E-state index contributed by atoms with van der Waals surface area (Å²) in [6.45, 7) is 4.05. The van der Waals surface area contributed by atoms with Crippen molar-refractivity contribution in [3.05, 3.63) is 41.2 Å². The number of hydrogen-bond acceptors (Lipinski definition) is 5. The zero-order valence-electron chi connectivity index (χ0n) is 10.2. The van der Waals surface area contributed by atoms with Crippen LogP contribution in [0.3, 0.4) is 0 Å². The summed E-state index contributed by atoms with van der Waals surface area (Å²) >= 11 is 6.19. The van der Waals surface area contributed by atoms with Crippen LogP contribution in [0.5, 0.6) is 0 Å². The van der Waals surface area contributed by atoms with Gasteiger partial charge in [-0.05, 0) is 13.8 Å². The minimum atomic E-state index is -0.337. The predicted octanol–water partition coefficient (Wildman–Crippen LogP) is 1.46. The highest BCUT2D eigenvalue weighted by molar-refractivity contribution is 6.31. The van der Waals surface area contributed by atoms with Gasteiger partial charge in [0.25, 0.3) is 0 Å². The smallest absolute Gasteiger partial charge is 0.108 e. The topological polar surface area (TPSA) is 81.7 Å². The number of halogens is 1. The second kappa shape index (κ2) is 5.43. The highest BCUT2D eigenvalue weighted by Crippen LogP contribution is 2.28. The Labute approximate surface area is 110 Å². The molecule has 2 aromatic rings. The van der Waals surface area contributed by atoms with Crippen LogP contribution in [0.2, 0.25) is 5.02 Å². The van der Waals surface area contributed by atoms with E-state index in [1.54, 1.807) is 24.8 Å². The van der Waals surface area contributed by atoms with Gasteiger partial charge in [-0.25, -0.2) is 5.43 Å². The van der Waals surface area contributed by atoms with Crippen molar-refractivity contribution in [2.45, 2.75) is 25.9 Å². The summed E-state index contributed by atoms with van der Waals surface area (Å²) in [4.78, 5) is 8.28. The fraction of sp³-hybridized carbons (Fsp3) is 0.364. The van der Waals surface area contributed by atoms with Gasteiger partial charge >= 0.3 is 0 Å². The van der Waals surface area contributed by atoms with Crippen LogP contribution in [-0.2, 0) is 0 Å². The molecule has 7 heteroatoms. The zero-order valence-corrected chi connectivity index (χ0v) is 11.0. The Morgan fingerprint density at radius 3 is 2.67 bits per heavy atom. The summed E-state index contributed by atoms with van der Waals surface area (Å²) in [5.74, 6) is 5.62. The Hall–Kier alpha value is -1.50. The second-order valence-electron chi connectivity index (χ2n) is 4.15. The van der Waals surface area contributed by atoms with E-state index < -0.39 is 0 Å². The Morgan fingerprint density at radius 2 is 2.11 bits per heavy atom. The van der Waals surface area contributed by atoms with Gasteiger partial charge in [0.2, 0.25) is 0 Å². The third kappa shape index (κ3) is 2.35. The van der Waals surface area contributed by atoms with Gasteiger partial charge < -0.3 is 0 Å². The van der Waals surface area contributed by atoms with Gasteiger partial charge in [0.05, 0.1) is 28.8 Å². The molecule has 96 valence electrons. The van der Waals surface area contributed by atoms with Crippen LogP contribution in [0, 0.1) is 0 Å². The molecule has 0 spiro atoms. The van der Waals surface area contributed by atoms with E-state index in [9.17, 15) is 0 Å². The third-order valence-electron chi connectivity index (χ3n) is 2.60. The Kier molecular flexibility index (Phi) is 3.90. The van der Waals surface area contributed by atoms with E-state index in [1.165, 1.54) is 0 Å². The molecule has 1 atom stereocenters. The molecule has 0 radical (unpaired) electrons. The van der Waals surface area contributed by atoms with Crippen molar-refractivity contribution in [1.29, 1.82) is 0 Å². The number of nitrogens with two attached hydrogens (primary N) is 1. The lowest BCUT2D eigenvalue weighted by atomic mass is 10.1. The number of nitrogens with zero attached hydrogens (tertiary/aromatic N) is 4. The van der Waals surface area contributed by atoms with E-state index in [0.29, 0.717) is 10.7 Å². The maximum atomic E-state index is 6.19. The minimum Gasteiger partial charge on any atom is -0.270 e. The molecule has 18 heavy (non-hydrogen) atoms. The molecule has 0 aliphatic heterocycles. The van der Waals surface area contributed by atoms with Crippen LogP contribution < -0.4 is 11.3 Å². The largest absolute Gasteiger partial charge is 0.270 e. The third-order valence-corrected chi connectivity index (χ3v) is 2.89. The van der Waals surface area contributed by atoms with Gasteiger partial charge in [-0.15, -0.1) is 0 Å². The molecule has 0 saturated heterocycles. The maximum Gasteiger partial charge on any atom is 0.108 e. The lowest BCUT2D eigenvalue weighted by molar-refractivity contribution is 0.472. The van der Waals surface area contributed by atoms with E-state index in [-0.39, 0.29) is 12.1 Å². The average Bonchev–Trinajstić information content (AvgIpc) is 2.74. The van der Waals surface area contributed by atoms with Crippen molar-refractivity contribution in [2.75, 3.05) is 0 Å². The fourth-order valence-corrected chi connectivity index (χ4v) is 2.04. The highest BCUT2D eigenvalue weighted by Gasteiger charge is 2.23. The highest BCUT2D eigenvalue weighted by atomic mass is 35.5. The van der Waals surface area contributed by atoms with Gasteiger partial charge in [-0.3, -0.25) is 20.5 Å². The Morgan fingerprint density at radius 1 is 1.33 bits per heavy atom. The average molecular weight is 267 g/mol. The first-order valence-electron chi connectivity index (χ1n) is 5.60. The first-order chi connectivity index (χ1) is 8.65. The summed E-state index contributed by atoms with van der Waals surface area (Å²) in [5.41, 5.74) is 4.19. The molecule has 0 saturated carbocycles. The van der Waals surface area contributed by atoms with E-state index in [1.807, 2.05) is 18.5 Å². The second-order valence-corrected chi connectivity index (χ2v) is 4.55. The maximum absolute atomic E-state index is 6.19. The monoisotopic (exact) mass is 266 g/mol. The molecule has 6 nitrogen and oxygen atoms in total. The lowest BCUT2D eigenvalue weighted by Crippen LogP contribution is -2.32. The molecule has 0 aliphatic rings. The Bertz CT molecular complexity index is 510. The van der Waals surface area contributed by atoms with Crippen LogP contribution in [-0.4, -0.2) is 19.7 Å². The number of hydrazine groups is 1. The minimum absolute atomic E-state index is 0.181. The van der Waals surface area contributed by atoms with Crippen molar-refractivity contribution in [3.8, 4) is 0 Å². The van der Waals surface area contributed by atoms with Gasteiger partial charge in [0.1, 0.15) is 6.04 Å². The van der Waals surface area contributed by atoms with Gasteiger partial charge in [0, 0.05) is 18.4 Å². The lowest BCUT2D eigenvalue weighted by Gasteiger charge is -2.19. The Balaban J connectivity index is 2.48. The molecule has 0 aliphatic carbocycles. The van der Waals surface area contributed by atoms with E-state index in [0.717, 1.165) is 5.69 Å². The summed E-state index contributed by atoms with van der Waals surface area (Å²) in [6, 6.07) is -0.156. The molecule has 0 fully saturated rings. The summed E-state index contributed by atoms with van der Waals surface area (Å²) in [5, 5.41) is 4.80. The van der Waals surface area contributed by atoms with Crippen molar-refractivity contribution in [1.82, 2.24) is 25.2 Å². The van der Waals surface area contributed by atoms with Gasteiger partial charge in [0.15, 0.2) is 0 Å². The van der Waals surface area contributed by atoms with E-state index >= 15 is 0 Å². The van der Waals surface area contributed by atoms with Crippen molar-refractivity contribution >= 4 is 11.6 Å². The van der Waals surface area contributed by atoms with Gasteiger partial charge in [-0.2, -0.15) is 5.10 Å². The molecule has 0 amide bonds. The zero-order chi connectivity index (χ0) is 13.1. The van der Waals surface area contributed by atoms with Crippen molar-refractivity contribution in [3.63, 3.8) is 0 Å². The van der Waals surface area contributed by atoms with E-state index in [2.05, 4.69) is 20.5 Å². The van der Waals surface area contributed by atoms with Gasteiger partial charge in [-0.1, -0.05) is 11.6 Å². The first-order valence-corrected chi connectivity index (χ1v) is 5.98. The molecular weight excluding hydrogens is 252 g/mol. The fourth-order valence-electron chi connectivity index (χ4n) is 1.80. The van der Waals surface area contributed by atoms with Crippen molar-refractivity contribution < 1.29 is 0 Å².